The van der Waals surface area contributed by atoms with Crippen molar-refractivity contribution in [3.8, 4) is 6.07 Å². The van der Waals surface area contributed by atoms with Crippen molar-refractivity contribution in [1.29, 1.82) is 5.26 Å². The van der Waals surface area contributed by atoms with Gasteiger partial charge in [0.25, 0.3) is 0 Å². The highest BCUT2D eigenvalue weighted by molar-refractivity contribution is 7.89. The van der Waals surface area contributed by atoms with Crippen molar-refractivity contribution in [2.75, 3.05) is 6.54 Å². The summed E-state index contributed by atoms with van der Waals surface area (Å²) in [6, 6.07) is 5.77. The van der Waals surface area contributed by atoms with Crippen LogP contribution in [0.2, 0.25) is 0 Å². The number of rotatable bonds is 3. The van der Waals surface area contributed by atoms with E-state index in [0.29, 0.717) is 5.56 Å². The number of benzene rings is 1. The van der Waals surface area contributed by atoms with Gasteiger partial charge in [0, 0.05) is 13.0 Å². The van der Waals surface area contributed by atoms with Crippen LogP contribution in [0.15, 0.2) is 29.2 Å². The molecule has 1 saturated heterocycles. The summed E-state index contributed by atoms with van der Waals surface area (Å²) < 4.78 is 25.5. The van der Waals surface area contributed by atoms with Gasteiger partial charge in [0.1, 0.15) is 6.04 Å². The predicted octanol–water partition coefficient (Wildman–Crippen LogP) is -0.233. The van der Waals surface area contributed by atoms with E-state index < -0.39 is 28.1 Å². The molecule has 0 radical (unpaired) electrons. The number of β-amino-alcohol motifs (C(OH)–C–C–N with tert-alkyl or cyclic N) is 1. The van der Waals surface area contributed by atoms with Gasteiger partial charge < -0.3 is 10.2 Å². The molecule has 1 aliphatic heterocycles. The zero-order valence-electron chi connectivity index (χ0n) is 10.3. The number of nitrogens with zero attached hydrogens (tertiary/aromatic N) is 2. The Labute approximate surface area is 115 Å². The van der Waals surface area contributed by atoms with E-state index >= 15 is 0 Å². The van der Waals surface area contributed by atoms with Gasteiger partial charge in [-0.2, -0.15) is 9.57 Å². The zero-order chi connectivity index (χ0) is 14.9. The van der Waals surface area contributed by atoms with Gasteiger partial charge in [-0.1, -0.05) is 0 Å². The lowest BCUT2D eigenvalue weighted by molar-refractivity contribution is -0.140. The molecule has 0 aliphatic carbocycles. The number of nitriles is 1. The largest absolute Gasteiger partial charge is 0.480 e. The van der Waals surface area contributed by atoms with Crippen molar-refractivity contribution in [3.05, 3.63) is 29.8 Å². The first kappa shape index (κ1) is 14.5. The summed E-state index contributed by atoms with van der Waals surface area (Å²) in [6.45, 7) is -0.251. The average molecular weight is 296 g/mol. The number of carboxylic acids is 1. The Morgan fingerprint density at radius 3 is 2.45 bits per heavy atom. The fourth-order valence-electron chi connectivity index (χ4n) is 2.11. The Kier molecular flexibility index (Phi) is 3.76. The van der Waals surface area contributed by atoms with E-state index in [-0.39, 0.29) is 17.9 Å². The van der Waals surface area contributed by atoms with Crippen LogP contribution in [-0.4, -0.2) is 47.6 Å². The number of aliphatic hydroxyl groups is 1. The Hall–Kier alpha value is -1.95. The van der Waals surface area contributed by atoms with Gasteiger partial charge in [0.15, 0.2) is 0 Å². The molecule has 0 aromatic heterocycles. The first-order chi connectivity index (χ1) is 9.36. The lowest BCUT2D eigenvalue weighted by Gasteiger charge is -2.20. The van der Waals surface area contributed by atoms with Gasteiger partial charge >= 0.3 is 5.97 Å². The predicted molar refractivity (Wildman–Crippen MR) is 67.1 cm³/mol. The molecule has 1 aromatic rings. The van der Waals surface area contributed by atoms with Crippen LogP contribution in [0, 0.1) is 11.3 Å². The molecule has 7 nitrogen and oxygen atoms in total. The highest BCUT2D eigenvalue weighted by Crippen LogP contribution is 2.26. The molecule has 106 valence electrons. The van der Waals surface area contributed by atoms with Crippen LogP contribution >= 0.6 is 0 Å². The van der Waals surface area contributed by atoms with E-state index in [1.54, 1.807) is 0 Å². The van der Waals surface area contributed by atoms with Crippen LogP contribution in [0.1, 0.15) is 12.0 Å². The number of aliphatic carboxylic acids is 1. The molecule has 1 heterocycles. The quantitative estimate of drug-likeness (QED) is 0.795. The van der Waals surface area contributed by atoms with Crippen LogP contribution in [0.3, 0.4) is 0 Å². The van der Waals surface area contributed by atoms with Crippen LogP contribution in [0.25, 0.3) is 0 Å². The summed E-state index contributed by atoms with van der Waals surface area (Å²) in [6.07, 6.45) is -1.13. The van der Waals surface area contributed by atoms with Crippen molar-refractivity contribution in [2.24, 2.45) is 0 Å². The van der Waals surface area contributed by atoms with Crippen LogP contribution < -0.4 is 0 Å². The second-order valence-corrected chi connectivity index (χ2v) is 6.35. The molecule has 0 spiro atoms. The maximum absolute atomic E-state index is 12.4. The molecule has 0 bridgehead atoms. The normalized spacial score (nSPS) is 23.4. The highest BCUT2D eigenvalue weighted by atomic mass is 32.2. The van der Waals surface area contributed by atoms with E-state index in [1.807, 2.05) is 6.07 Å². The lowest BCUT2D eigenvalue weighted by atomic mass is 10.2. The van der Waals surface area contributed by atoms with E-state index in [2.05, 4.69) is 0 Å². The summed E-state index contributed by atoms with van der Waals surface area (Å²) in [5.41, 5.74) is 0.306. The molecule has 1 aliphatic rings. The molecule has 2 N–H and O–H groups in total. The number of carboxylic acid groups (broad SMARTS) is 1. The third kappa shape index (κ3) is 2.51. The minimum absolute atomic E-state index is 0.100. The van der Waals surface area contributed by atoms with Crippen LogP contribution in [-0.2, 0) is 14.8 Å². The van der Waals surface area contributed by atoms with Crippen molar-refractivity contribution in [3.63, 3.8) is 0 Å². The third-order valence-corrected chi connectivity index (χ3v) is 5.00. The third-order valence-electron chi connectivity index (χ3n) is 3.11. The van der Waals surface area contributed by atoms with Crippen molar-refractivity contribution < 1.29 is 23.4 Å². The Morgan fingerprint density at radius 1 is 1.35 bits per heavy atom. The molecule has 0 saturated carbocycles. The molecule has 0 amide bonds. The monoisotopic (exact) mass is 296 g/mol. The summed E-state index contributed by atoms with van der Waals surface area (Å²) in [4.78, 5) is 11.0. The number of carbonyl (C=O) groups is 1. The summed E-state index contributed by atoms with van der Waals surface area (Å²) in [5, 5.41) is 27.2. The molecule has 0 unspecified atom stereocenters. The molecular weight excluding hydrogens is 284 g/mol. The Morgan fingerprint density at radius 2 is 1.95 bits per heavy atom. The average Bonchev–Trinajstić information content (AvgIpc) is 2.82. The van der Waals surface area contributed by atoms with Crippen molar-refractivity contribution >= 4 is 16.0 Å². The van der Waals surface area contributed by atoms with Crippen molar-refractivity contribution in [2.45, 2.75) is 23.5 Å². The molecule has 8 heteroatoms. The van der Waals surface area contributed by atoms with Gasteiger partial charge in [-0.15, -0.1) is 0 Å². The first-order valence-corrected chi connectivity index (χ1v) is 7.23. The zero-order valence-corrected chi connectivity index (χ0v) is 11.1. The first-order valence-electron chi connectivity index (χ1n) is 5.79. The Balaban J connectivity index is 2.38. The maximum atomic E-state index is 12.4. The van der Waals surface area contributed by atoms with Crippen LogP contribution in [0.5, 0.6) is 0 Å². The maximum Gasteiger partial charge on any atom is 0.322 e. The molecule has 1 fully saturated rings. The molecular formula is C12H12N2O5S. The SMILES string of the molecule is N#Cc1ccc(S(=O)(=O)N2C[C@H](O)C[C@H]2C(=O)O)cc1. The standard InChI is InChI=1S/C12H12N2O5S/c13-6-8-1-3-10(4-2-8)20(18,19)14-7-9(15)5-11(14)12(16)17/h1-4,9,11,15H,5,7H2,(H,16,17)/t9-,11+/m1/s1. The number of sulfonamides is 1. The van der Waals surface area contributed by atoms with E-state index in [0.717, 1.165) is 4.31 Å². The molecule has 2 atom stereocenters. The molecule has 2 rings (SSSR count). The van der Waals surface area contributed by atoms with E-state index in [1.165, 1.54) is 24.3 Å². The van der Waals surface area contributed by atoms with Gasteiger partial charge in [-0.25, -0.2) is 8.42 Å². The number of hydrogen-bond acceptors (Lipinski definition) is 5. The molecule has 20 heavy (non-hydrogen) atoms. The number of aliphatic hydroxyl groups excluding tert-OH is 1. The fourth-order valence-corrected chi connectivity index (χ4v) is 3.74. The van der Waals surface area contributed by atoms with Crippen molar-refractivity contribution in [1.82, 2.24) is 4.31 Å². The van der Waals surface area contributed by atoms with Crippen LogP contribution in [0.4, 0.5) is 0 Å². The topological polar surface area (TPSA) is 119 Å². The number of hydrogen-bond donors (Lipinski definition) is 2. The van der Waals surface area contributed by atoms with Gasteiger partial charge in [-0.3, -0.25) is 4.79 Å². The summed E-state index contributed by atoms with van der Waals surface area (Å²) in [7, 11) is -4.01. The van der Waals surface area contributed by atoms with E-state index in [4.69, 9.17) is 10.4 Å². The van der Waals surface area contributed by atoms with Gasteiger partial charge in [0.2, 0.25) is 10.0 Å². The summed E-state index contributed by atoms with van der Waals surface area (Å²) >= 11 is 0. The highest BCUT2D eigenvalue weighted by Gasteiger charge is 2.43. The lowest BCUT2D eigenvalue weighted by Crippen LogP contribution is -2.40. The second kappa shape index (κ2) is 5.20. The smallest absolute Gasteiger partial charge is 0.322 e. The minimum atomic E-state index is -4.01. The second-order valence-electron chi connectivity index (χ2n) is 4.45. The Bertz CT molecular complexity index is 662. The molecule has 1 aromatic carbocycles. The van der Waals surface area contributed by atoms with E-state index in [9.17, 15) is 18.3 Å². The van der Waals surface area contributed by atoms with Gasteiger partial charge in [-0.05, 0) is 24.3 Å². The minimum Gasteiger partial charge on any atom is -0.480 e. The van der Waals surface area contributed by atoms with Gasteiger partial charge in [0.05, 0.1) is 22.6 Å². The fraction of sp³-hybridized carbons (Fsp3) is 0.333. The summed E-state index contributed by atoms with van der Waals surface area (Å²) in [5.74, 6) is -1.29.